The summed E-state index contributed by atoms with van der Waals surface area (Å²) in [6.07, 6.45) is -0.745. The van der Waals surface area contributed by atoms with E-state index in [-0.39, 0.29) is 5.69 Å². The lowest BCUT2D eigenvalue weighted by molar-refractivity contribution is 0.220. The molecule has 0 saturated carbocycles. The molecule has 1 unspecified atom stereocenters. The van der Waals surface area contributed by atoms with E-state index in [4.69, 9.17) is 4.74 Å². The van der Waals surface area contributed by atoms with Crippen LogP contribution in [0.3, 0.4) is 0 Å². The van der Waals surface area contributed by atoms with E-state index in [1.54, 1.807) is 30.3 Å². The van der Waals surface area contributed by atoms with E-state index in [0.29, 0.717) is 0 Å². The van der Waals surface area contributed by atoms with Crippen molar-refractivity contribution >= 4 is 11.0 Å². The van der Waals surface area contributed by atoms with Crippen molar-refractivity contribution in [1.82, 2.24) is 9.13 Å². The van der Waals surface area contributed by atoms with Crippen LogP contribution in [0.15, 0.2) is 47.3 Å². The van der Waals surface area contributed by atoms with Crippen molar-refractivity contribution in [2.45, 2.75) is 6.10 Å². The molecule has 0 aliphatic carbocycles. The Bertz CT molecular complexity index is 875. The van der Waals surface area contributed by atoms with Crippen LogP contribution in [-0.2, 0) is 14.1 Å². The van der Waals surface area contributed by atoms with E-state index in [1.165, 1.54) is 0 Å². The molecule has 3 rings (SSSR count). The quantitative estimate of drug-likeness (QED) is 0.804. The highest BCUT2D eigenvalue weighted by molar-refractivity contribution is 5.77. The second kappa shape index (κ2) is 5.35. The summed E-state index contributed by atoms with van der Waals surface area (Å²) >= 11 is 0. The highest BCUT2D eigenvalue weighted by Gasteiger charge is 2.14. The molecule has 3 aromatic rings. The molecule has 22 heavy (non-hydrogen) atoms. The predicted molar refractivity (Wildman–Crippen MR) is 85.2 cm³/mol. The van der Waals surface area contributed by atoms with Crippen LogP contribution in [0.4, 0.5) is 0 Å². The molecule has 114 valence electrons. The lowest BCUT2D eigenvalue weighted by Gasteiger charge is -2.12. The first-order chi connectivity index (χ1) is 10.5. The van der Waals surface area contributed by atoms with Crippen molar-refractivity contribution in [3.8, 4) is 5.75 Å². The minimum Gasteiger partial charge on any atom is -0.497 e. The Morgan fingerprint density at radius 2 is 1.55 bits per heavy atom. The summed E-state index contributed by atoms with van der Waals surface area (Å²) in [5, 5.41) is 10.5. The molecule has 1 heterocycles. The second-order valence-corrected chi connectivity index (χ2v) is 5.32. The summed E-state index contributed by atoms with van der Waals surface area (Å²) in [7, 11) is 5.08. The predicted octanol–water partition coefficient (Wildman–Crippen LogP) is 1.97. The molecule has 1 N–H and O–H groups in total. The Balaban J connectivity index is 2.05. The third-order valence-electron chi connectivity index (χ3n) is 4.04. The van der Waals surface area contributed by atoms with E-state index in [1.807, 2.05) is 42.5 Å². The van der Waals surface area contributed by atoms with Crippen LogP contribution in [-0.4, -0.2) is 21.4 Å². The smallest absolute Gasteiger partial charge is 0.328 e. The van der Waals surface area contributed by atoms with Crippen LogP contribution in [0, 0.1) is 0 Å². The van der Waals surface area contributed by atoms with Gasteiger partial charge in [-0.25, -0.2) is 4.79 Å². The van der Waals surface area contributed by atoms with E-state index >= 15 is 0 Å². The first kappa shape index (κ1) is 14.4. The number of fused-ring (bicyclic) bond motifs is 1. The van der Waals surface area contributed by atoms with Gasteiger partial charge >= 0.3 is 5.69 Å². The number of hydrogen-bond acceptors (Lipinski definition) is 3. The maximum atomic E-state index is 12.0. The highest BCUT2D eigenvalue weighted by Crippen LogP contribution is 2.26. The van der Waals surface area contributed by atoms with Gasteiger partial charge in [0.05, 0.1) is 18.1 Å². The zero-order valence-corrected chi connectivity index (χ0v) is 12.8. The van der Waals surface area contributed by atoms with Crippen molar-refractivity contribution in [3.05, 3.63) is 64.1 Å². The number of aromatic nitrogens is 2. The Morgan fingerprint density at radius 3 is 2.18 bits per heavy atom. The van der Waals surface area contributed by atoms with E-state index in [0.717, 1.165) is 27.9 Å². The third kappa shape index (κ3) is 2.19. The summed E-state index contributed by atoms with van der Waals surface area (Å²) in [6, 6.07) is 12.8. The zero-order chi connectivity index (χ0) is 15.9. The molecule has 0 aliphatic heterocycles. The van der Waals surface area contributed by atoms with Gasteiger partial charge in [-0.3, -0.25) is 9.13 Å². The molecular weight excluding hydrogens is 280 g/mol. The van der Waals surface area contributed by atoms with Crippen molar-refractivity contribution in [2.24, 2.45) is 14.1 Å². The SMILES string of the molecule is COc1ccc(C(O)c2ccc3c(c2)n(C)c(=O)n3C)cc1. The minimum atomic E-state index is -0.745. The second-order valence-electron chi connectivity index (χ2n) is 5.32. The molecule has 0 fully saturated rings. The van der Waals surface area contributed by atoms with Gasteiger partial charge in [-0.05, 0) is 35.4 Å². The highest BCUT2D eigenvalue weighted by atomic mass is 16.5. The molecular formula is C17H18N2O3. The normalized spacial score (nSPS) is 12.5. The standard InChI is InChI=1S/C17H18N2O3/c1-18-14-9-6-12(10-15(14)19(2)17(18)21)16(20)11-4-7-13(22-3)8-5-11/h4-10,16,20H,1-3H3. The first-order valence-electron chi connectivity index (χ1n) is 7.00. The summed E-state index contributed by atoms with van der Waals surface area (Å²) < 4.78 is 8.30. The molecule has 0 amide bonds. The average Bonchev–Trinajstić information content (AvgIpc) is 2.78. The van der Waals surface area contributed by atoms with Gasteiger partial charge in [0.15, 0.2) is 0 Å². The summed E-state index contributed by atoms with van der Waals surface area (Å²) in [5.74, 6) is 0.747. The van der Waals surface area contributed by atoms with Crippen LogP contribution in [0.1, 0.15) is 17.2 Å². The van der Waals surface area contributed by atoms with Crippen molar-refractivity contribution in [2.75, 3.05) is 7.11 Å². The number of rotatable bonds is 3. The number of methoxy groups -OCH3 is 1. The third-order valence-corrected chi connectivity index (χ3v) is 4.04. The molecule has 1 atom stereocenters. The molecule has 2 aromatic carbocycles. The number of nitrogens with zero attached hydrogens (tertiary/aromatic N) is 2. The van der Waals surface area contributed by atoms with Gasteiger partial charge in [0.2, 0.25) is 0 Å². The lowest BCUT2D eigenvalue weighted by Crippen LogP contribution is -2.19. The molecule has 5 nitrogen and oxygen atoms in total. The Morgan fingerprint density at radius 1 is 0.955 bits per heavy atom. The first-order valence-corrected chi connectivity index (χ1v) is 7.00. The van der Waals surface area contributed by atoms with E-state index < -0.39 is 6.10 Å². The van der Waals surface area contributed by atoms with Crippen LogP contribution in [0.2, 0.25) is 0 Å². The monoisotopic (exact) mass is 298 g/mol. The molecule has 0 saturated heterocycles. The molecule has 5 heteroatoms. The van der Waals surface area contributed by atoms with Crippen LogP contribution in [0.25, 0.3) is 11.0 Å². The van der Waals surface area contributed by atoms with Gasteiger partial charge < -0.3 is 9.84 Å². The molecule has 1 aromatic heterocycles. The maximum absolute atomic E-state index is 12.0. The molecule has 0 radical (unpaired) electrons. The van der Waals surface area contributed by atoms with Gasteiger partial charge in [-0.1, -0.05) is 18.2 Å². The zero-order valence-electron chi connectivity index (χ0n) is 12.8. The van der Waals surface area contributed by atoms with E-state index in [2.05, 4.69) is 0 Å². The fraction of sp³-hybridized carbons (Fsp3) is 0.235. The summed E-state index contributed by atoms with van der Waals surface area (Å²) in [6.45, 7) is 0. The average molecular weight is 298 g/mol. The number of aryl methyl sites for hydroxylation is 2. The number of hydrogen-bond donors (Lipinski definition) is 1. The van der Waals surface area contributed by atoms with Crippen molar-refractivity contribution < 1.29 is 9.84 Å². The molecule has 0 bridgehead atoms. The van der Waals surface area contributed by atoms with Crippen molar-refractivity contribution in [3.63, 3.8) is 0 Å². The molecule has 0 spiro atoms. The van der Waals surface area contributed by atoms with Gasteiger partial charge in [-0.15, -0.1) is 0 Å². The number of aliphatic hydroxyl groups is 1. The van der Waals surface area contributed by atoms with E-state index in [9.17, 15) is 9.90 Å². The maximum Gasteiger partial charge on any atom is 0.328 e. The molecule has 0 aliphatic rings. The number of imidazole rings is 1. The fourth-order valence-electron chi connectivity index (χ4n) is 2.67. The minimum absolute atomic E-state index is 0.0777. The largest absolute Gasteiger partial charge is 0.497 e. The summed E-state index contributed by atoms with van der Waals surface area (Å²) in [4.78, 5) is 12.0. The number of aliphatic hydroxyl groups excluding tert-OH is 1. The van der Waals surface area contributed by atoms with Gasteiger partial charge in [0, 0.05) is 14.1 Å². The Hall–Kier alpha value is -2.53. The topological polar surface area (TPSA) is 56.4 Å². The Labute approximate surface area is 128 Å². The fourth-order valence-corrected chi connectivity index (χ4v) is 2.67. The Kier molecular flexibility index (Phi) is 3.50. The van der Waals surface area contributed by atoms with Gasteiger partial charge in [0.1, 0.15) is 11.9 Å². The van der Waals surface area contributed by atoms with Crippen LogP contribution < -0.4 is 10.4 Å². The number of benzene rings is 2. The van der Waals surface area contributed by atoms with Crippen LogP contribution >= 0.6 is 0 Å². The summed E-state index contributed by atoms with van der Waals surface area (Å²) in [5.41, 5.74) is 3.10. The number of ether oxygens (including phenoxy) is 1. The van der Waals surface area contributed by atoms with Gasteiger partial charge in [-0.2, -0.15) is 0 Å². The van der Waals surface area contributed by atoms with Gasteiger partial charge in [0.25, 0.3) is 0 Å². The lowest BCUT2D eigenvalue weighted by atomic mass is 10.0. The van der Waals surface area contributed by atoms with Crippen LogP contribution in [0.5, 0.6) is 5.75 Å². The van der Waals surface area contributed by atoms with Crippen molar-refractivity contribution in [1.29, 1.82) is 0 Å².